The highest BCUT2D eigenvalue weighted by Gasteiger charge is 2.49. The van der Waals surface area contributed by atoms with E-state index in [4.69, 9.17) is 0 Å². The molecule has 4 aliphatic rings. The number of aryl methyl sites for hydroxylation is 6. The number of hydrogen-bond donors (Lipinski definition) is 0. The fraction of sp³-hybridized carbons (Fsp3) is 0.276. The zero-order chi connectivity index (χ0) is 43.3. The molecule has 0 amide bonds. The van der Waals surface area contributed by atoms with Gasteiger partial charge in [0.15, 0.2) is 0 Å². The lowest BCUT2D eigenvalue weighted by Crippen LogP contribution is -2.61. The van der Waals surface area contributed by atoms with E-state index in [1.54, 1.807) is 0 Å². The van der Waals surface area contributed by atoms with Gasteiger partial charge in [-0.2, -0.15) is 0 Å². The van der Waals surface area contributed by atoms with Crippen molar-refractivity contribution in [1.29, 1.82) is 0 Å². The van der Waals surface area contributed by atoms with E-state index in [0.717, 1.165) is 12.8 Å². The summed E-state index contributed by atoms with van der Waals surface area (Å²) >= 11 is 0. The predicted molar refractivity (Wildman–Crippen MR) is 271 cm³/mol. The lowest BCUT2D eigenvalue weighted by atomic mass is 9.32. The van der Waals surface area contributed by atoms with Gasteiger partial charge in [0, 0.05) is 11.4 Å². The van der Waals surface area contributed by atoms with Crippen molar-refractivity contribution in [3.8, 4) is 0 Å². The number of rotatable bonds is 2. The molecule has 0 spiro atoms. The second kappa shape index (κ2) is 13.4. The van der Waals surface area contributed by atoms with Gasteiger partial charge in [0.2, 0.25) is 13.4 Å². The van der Waals surface area contributed by atoms with E-state index in [1.165, 1.54) is 133 Å². The largest absolute Gasteiger partial charge is 0.308 e. The first kappa shape index (κ1) is 39.1. The van der Waals surface area contributed by atoms with Crippen molar-refractivity contribution in [2.45, 2.75) is 107 Å². The van der Waals surface area contributed by atoms with Crippen LogP contribution in [0, 0.1) is 41.5 Å². The fourth-order valence-electron chi connectivity index (χ4n) is 12.1. The topological polar surface area (TPSA) is 6.48 Å². The average Bonchev–Trinajstić information content (AvgIpc) is 3.20. The first-order valence-electron chi connectivity index (χ1n) is 23.0. The van der Waals surface area contributed by atoms with Gasteiger partial charge in [0.05, 0.1) is 22.8 Å². The van der Waals surface area contributed by atoms with Crippen LogP contribution in [0.15, 0.2) is 126 Å². The number of hydrogen-bond acceptors (Lipinski definition) is 2. The molecule has 0 fully saturated rings. The van der Waals surface area contributed by atoms with Gasteiger partial charge in [-0.15, -0.1) is 0 Å². The smallest absolute Gasteiger partial charge is 0.247 e. The molecule has 11 rings (SSSR count). The van der Waals surface area contributed by atoms with E-state index in [1.807, 2.05) is 0 Å². The lowest BCUT2D eigenvalue weighted by molar-refractivity contribution is 0.591. The minimum absolute atomic E-state index is 0.0589. The highest BCUT2D eigenvalue weighted by atomic mass is 15.3. The van der Waals surface area contributed by atoms with Crippen LogP contribution in [-0.4, -0.2) is 13.4 Å². The summed E-state index contributed by atoms with van der Waals surface area (Å²) in [6.07, 6.45) is 4.60. The second-order valence-corrected chi connectivity index (χ2v) is 21.3. The molecule has 0 bridgehead atoms. The summed E-state index contributed by atoms with van der Waals surface area (Å²) in [5.74, 6) is 0. The highest BCUT2D eigenvalue weighted by molar-refractivity contribution is 6.99. The van der Waals surface area contributed by atoms with Crippen molar-refractivity contribution >= 4 is 85.0 Å². The second-order valence-electron chi connectivity index (χ2n) is 21.3. The third kappa shape index (κ3) is 5.71. The van der Waals surface area contributed by atoms with Crippen LogP contribution in [0.1, 0.15) is 98.9 Å². The van der Waals surface area contributed by atoms with Crippen molar-refractivity contribution in [1.82, 2.24) is 0 Å². The van der Waals surface area contributed by atoms with E-state index in [2.05, 4.69) is 202 Å². The number of fused-ring (bicyclic) bond motifs is 8. The van der Waals surface area contributed by atoms with E-state index in [0.29, 0.717) is 0 Å². The van der Waals surface area contributed by atoms with Crippen molar-refractivity contribution < 1.29 is 0 Å². The van der Waals surface area contributed by atoms with E-state index >= 15 is 0 Å². The molecule has 0 atom stereocenters. The van der Waals surface area contributed by atoms with Gasteiger partial charge >= 0.3 is 0 Å². The molecule has 62 heavy (non-hydrogen) atoms. The minimum Gasteiger partial charge on any atom is -0.308 e. The Bertz CT molecular complexity index is 3140. The SMILES string of the molecule is Cc1cc(C)c(B2C3=C4C(=CCC3)N3c5cc6ccc(C(C)(C)C)cc6cc5B(c5c(C)cc(C)cc5C)c5cccc(c53)N4c3cc4ccc(C(C)(C)C)cc4cc32)c(C)c1. The molecule has 0 saturated carbocycles. The Kier molecular flexibility index (Phi) is 8.45. The highest BCUT2D eigenvalue weighted by Crippen LogP contribution is 2.54. The summed E-state index contributed by atoms with van der Waals surface area (Å²) in [5, 5.41) is 5.23. The average molecular weight is 805 g/mol. The zero-order valence-electron chi connectivity index (χ0n) is 38.9. The van der Waals surface area contributed by atoms with Crippen LogP contribution < -0.4 is 37.1 Å². The van der Waals surface area contributed by atoms with Crippen LogP contribution in [0.3, 0.4) is 0 Å². The quantitative estimate of drug-likeness (QED) is 0.161. The molecule has 1 aliphatic carbocycles. The van der Waals surface area contributed by atoms with E-state index in [-0.39, 0.29) is 24.3 Å². The number of benzene rings is 7. The number of para-hydroxylation sites is 1. The Labute approximate surface area is 370 Å². The Hall–Kier alpha value is -5.73. The molecule has 7 aromatic carbocycles. The van der Waals surface area contributed by atoms with Crippen molar-refractivity contribution in [2.24, 2.45) is 0 Å². The minimum atomic E-state index is 0.0589. The molecule has 0 radical (unpaired) electrons. The van der Waals surface area contributed by atoms with Crippen LogP contribution in [0.25, 0.3) is 21.5 Å². The summed E-state index contributed by atoms with van der Waals surface area (Å²) in [6.45, 7) is 28.0. The van der Waals surface area contributed by atoms with E-state index in [9.17, 15) is 0 Å². The molecule has 306 valence electrons. The van der Waals surface area contributed by atoms with Crippen molar-refractivity contribution in [2.75, 3.05) is 9.80 Å². The van der Waals surface area contributed by atoms with Gasteiger partial charge < -0.3 is 9.80 Å². The number of nitrogens with zero attached hydrogens (tertiary/aromatic N) is 2. The summed E-state index contributed by atoms with van der Waals surface area (Å²) in [5.41, 5.74) is 27.6. The summed E-state index contributed by atoms with van der Waals surface area (Å²) in [4.78, 5) is 5.40. The molecule has 0 unspecified atom stereocenters. The van der Waals surface area contributed by atoms with Gasteiger partial charge in [-0.25, -0.2) is 0 Å². The molecule has 7 aromatic rings. The molecule has 0 aromatic heterocycles. The van der Waals surface area contributed by atoms with Crippen molar-refractivity contribution in [3.05, 3.63) is 171 Å². The normalized spacial score (nSPS) is 15.5. The molecular weight excluding hydrogens is 746 g/mol. The predicted octanol–water partition coefficient (Wildman–Crippen LogP) is 11.7. The first-order valence-corrected chi connectivity index (χ1v) is 23.0. The molecule has 2 nitrogen and oxygen atoms in total. The van der Waals surface area contributed by atoms with Gasteiger partial charge in [0.1, 0.15) is 0 Å². The van der Waals surface area contributed by atoms with Crippen molar-refractivity contribution in [3.63, 3.8) is 0 Å². The molecule has 0 saturated heterocycles. The monoisotopic (exact) mass is 804 g/mol. The van der Waals surface area contributed by atoms with Crippen LogP contribution in [0.5, 0.6) is 0 Å². The third-order valence-corrected chi connectivity index (χ3v) is 14.8. The third-order valence-electron chi connectivity index (χ3n) is 14.8. The Morgan fingerprint density at radius 2 is 0.968 bits per heavy atom. The first-order chi connectivity index (χ1) is 29.5. The van der Waals surface area contributed by atoms with Gasteiger partial charge in [-0.3, -0.25) is 0 Å². The summed E-state index contributed by atoms with van der Waals surface area (Å²) < 4.78 is 0. The lowest BCUT2D eigenvalue weighted by Gasteiger charge is -2.52. The fourth-order valence-corrected chi connectivity index (χ4v) is 12.1. The zero-order valence-corrected chi connectivity index (χ0v) is 38.9. The van der Waals surface area contributed by atoms with E-state index < -0.39 is 0 Å². The van der Waals surface area contributed by atoms with Gasteiger partial charge in [0.25, 0.3) is 0 Å². The van der Waals surface area contributed by atoms with Crippen LogP contribution >= 0.6 is 0 Å². The van der Waals surface area contributed by atoms with Gasteiger partial charge in [-0.1, -0.05) is 182 Å². The maximum absolute atomic E-state index is 2.70. The van der Waals surface area contributed by atoms with Crippen LogP contribution in [-0.2, 0) is 10.8 Å². The number of anilines is 4. The number of allylic oxidation sites excluding steroid dienone is 2. The molecule has 4 heteroatoms. The Balaban J connectivity index is 1.25. The molecule has 3 heterocycles. The Morgan fingerprint density at radius 3 is 1.50 bits per heavy atom. The van der Waals surface area contributed by atoms with Gasteiger partial charge in [-0.05, 0) is 132 Å². The standard InChI is InChI=1S/C58H58B2N2/c1-33-23-35(3)53(36(4)24-33)59-45-15-13-17-49-55(45)61(51-31-39-19-21-43(57(7,8)9)27-41(39)29-47(51)59)50-18-14-16-46-56(50)62(49)52-32-40-20-22-44(58(10,11)12)28-42(40)30-48(52)60(46)54-37(5)25-34(2)26-38(54)6/h13,15,17-32H,14,16H2,1-12H3. The summed E-state index contributed by atoms with van der Waals surface area (Å²) in [7, 11) is 0. The van der Waals surface area contributed by atoms with Crippen LogP contribution in [0.2, 0.25) is 0 Å². The maximum atomic E-state index is 2.70. The maximum Gasteiger partial charge on any atom is 0.247 e. The Morgan fingerprint density at radius 1 is 0.468 bits per heavy atom. The molecule has 3 aliphatic heterocycles. The molecule has 0 N–H and O–H groups in total. The molecular formula is C58H58B2N2. The van der Waals surface area contributed by atoms with Crippen LogP contribution in [0.4, 0.5) is 22.7 Å². The summed E-state index contributed by atoms with van der Waals surface area (Å²) in [6, 6.07) is 41.3.